The number of benzene rings is 2. The molecular weight excluding hydrogens is 410 g/mol. The lowest BCUT2D eigenvalue weighted by Crippen LogP contribution is -2.47. The van der Waals surface area contributed by atoms with Gasteiger partial charge in [0.05, 0.1) is 6.04 Å². The Morgan fingerprint density at radius 1 is 1.13 bits per heavy atom. The lowest BCUT2D eigenvalue weighted by Gasteiger charge is -2.36. The van der Waals surface area contributed by atoms with Crippen molar-refractivity contribution in [3.05, 3.63) is 64.7 Å². The molecule has 0 fully saturated rings. The third-order valence-electron chi connectivity index (χ3n) is 5.89. The average Bonchev–Trinajstić information content (AvgIpc) is 2.76. The maximum Gasteiger partial charge on any atom is 0.322 e. The minimum Gasteiger partial charge on any atom is -0.334 e. The molecule has 2 aromatic carbocycles. The summed E-state index contributed by atoms with van der Waals surface area (Å²) in [5.74, 6) is -0.0151. The van der Waals surface area contributed by atoms with Gasteiger partial charge in [-0.3, -0.25) is 4.79 Å². The van der Waals surface area contributed by atoms with Gasteiger partial charge in [-0.25, -0.2) is 4.79 Å². The Morgan fingerprint density at radius 2 is 1.94 bits per heavy atom. The SMILES string of the molecule is CCCCCCN(CC(=O)N1CCc2ccccc2C1C)C(=O)Nc1cccc(Cl)c1. The molecule has 166 valence electrons. The fourth-order valence-corrected chi connectivity index (χ4v) is 4.31. The van der Waals surface area contributed by atoms with Crippen molar-refractivity contribution in [2.24, 2.45) is 0 Å². The summed E-state index contributed by atoms with van der Waals surface area (Å²) in [4.78, 5) is 29.7. The summed E-state index contributed by atoms with van der Waals surface area (Å²) in [6.45, 7) is 5.52. The van der Waals surface area contributed by atoms with Gasteiger partial charge in [0.1, 0.15) is 6.54 Å². The first-order valence-electron chi connectivity index (χ1n) is 11.2. The predicted molar refractivity (Wildman–Crippen MR) is 126 cm³/mol. The van der Waals surface area contributed by atoms with Crippen molar-refractivity contribution in [2.75, 3.05) is 25.0 Å². The molecule has 0 aromatic heterocycles. The first kappa shape index (κ1) is 23.1. The number of hydrogen-bond acceptors (Lipinski definition) is 2. The molecule has 1 aliphatic heterocycles. The molecule has 0 saturated heterocycles. The smallest absolute Gasteiger partial charge is 0.322 e. The molecule has 0 spiro atoms. The summed E-state index contributed by atoms with van der Waals surface area (Å²) in [6, 6.07) is 15.1. The molecular formula is C25H32ClN3O2. The van der Waals surface area contributed by atoms with Crippen molar-refractivity contribution < 1.29 is 9.59 Å². The molecule has 2 aromatic rings. The van der Waals surface area contributed by atoms with Crippen LogP contribution >= 0.6 is 11.6 Å². The van der Waals surface area contributed by atoms with Crippen LogP contribution in [0.3, 0.4) is 0 Å². The molecule has 5 nitrogen and oxygen atoms in total. The highest BCUT2D eigenvalue weighted by atomic mass is 35.5. The molecule has 0 radical (unpaired) electrons. The van der Waals surface area contributed by atoms with Crippen molar-refractivity contribution in [1.29, 1.82) is 0 Å². The molecule has 0 bridgehead atoms. The van der Waals surface area contributed by atoms with Crippen LogP contribution in [0.4, 0.5) is 10.5 Å². The van der Waals surface area contributed by atoms with E-state index >= 15 is 0 Å². The van der Waals surface area contributed by atoms with E-state index in [1.165, 1.54) is 11.1 Å². The quantitative estimate of drug-likeness (QED) is 0.518. The number of fused-ring (bicyclic) bond motifs is 1. The van der Waals surface area contributed by atoms with Crippen LogP contribution < -0.4 is 5.32 Å². The van der Waals surface area contributed by atoms with Crippen LogP contribution in [0.15, 0.2) is 48.5 Å². The molecule has 1 heterocycles. The Bertz CT molecular complexity index is 902. The number of carbonyl (C=O) groups excluding carboxylic acids is 2. The van der Waals surface area contributed by atoms with E-state index in [4.69, 9.17) is 11.6 Å². The van der Waals surface area contributed by atoms with Crippen LogP contribution in [0, 0.1) is 0 Å². The Labute approximate surface area is 190 Å². The number of hydrogen-bond donors (Lipinski definition) is 1. The number of amides is 3. The van der Waals surface area contributed by atoms with Gasteiger partial charge in [-0.2, -0.15) is 0 Å². The maximum atomic E-state index is 13.2. The molecule has 1 unspecified atom stereocenters. The highest BCUT2D eigenvalue weighted by Gasteiger charge is 2.29. The standard InChI is InChI=1S/C25H32ClN3O2/c1-3-4-5-8-15-28(25(31)27-22-12-9-11-21(26)17-22)18-24(30)29-16-14-20-10-6-7-13-23(20)19(29)2/h6-7,9-13,17,19H,3-5,8,14-16,18H2,1-2H3,(H,27,31). The number of nitrogens with one attached hydrogen (secondary N) is 1. The van der Waals surface area contributed by atoms with E-state index < -0.39 is 0 Å². The molecule has 0 aliphatic carbocycles. The van der Waals surface area contributed by atoms with Crippen LogP contribution in [0.1, 0.15) is 56.7 Å². The largest absolute Gasteiger partial charge is 0.334 e. The van der Waals surface area contributed by atoms with Crippen LogP contribution in [0.2, 0.25) is 5.02 Å². The Kier molecular flexibility index (Phi) is 8.35. The number of urea groups is 1. The number of nitrogens with zero attached hydrogens (tertiary/aromatic N) is 2. The Morgan fingerprint density at radius 3 is 2.71 bits per heavy atom. The summed E-state index contributed by atoms with van der Waals surface area (Å²) in [7, 11) is 0. The molecule has 1 N–H and O–H groups in total. The van der Waals surface area contributed by atoms with E-state index in [9.17, 15) is 9.59 Å². The summed E-state index contributed by atoms with van der Waals surface area (Å²) >= 11 is 6.04. The zero-order valence-corrected chi connectivity index (χ0v) is 19.2. The van der Waals surface area contributed by atoms with Gasteiger partial charge < -0.3 is 15.1 Å². The number of halogens is 1. The van der Waals surface area contributed by atoms with Crippen LogP contribution in [-0.2, 0) is 11.2 Å². The zero-order valence-electron chi connectivity index (χ0n) is 18.4. The summed E-state index contributed by atoms with van der Waals surface area (Å²) in [6.07, 6.45) is 5.01. The highest BCUT2D eigenvalue weighted by Crippen LogP contribution is 2.29. The van der Waals surface area contributed by atoms with Gasteiger partial charge in [0.2, 0.25) is 5.91 Å². The van der Waals surface area contributed by atoms with Crippen LogP contribution in [0.25, 0.3) is 0 Å². The van der Waals surface area contributed by atoms with Crippen molar-refractivity contribution in [3.8, 4) is 0 Å². The second kappa shape index (κ2) is 11.2. The average molecular weight is 442 g/mol. The second-order valence-corrected chi connectivity index (χ2v) is 8.57. The summed E-state index contributed by atoms with van der Waals surface area (Å²) in [5.41, 5.74) is 3.12. The Balaban J connectivity index is 1.68. The zero-order chi connectivity index (χ0) is 22.2. The minimum atomic E-state index is -0.267. The first-order valence-corrected chi connectivity index (χ1v) is 11.6. The normalized spacial score (nSPS) is 15.3. The number of anilines is 1. The third kappa shape index (κ3) is 6.23. The Hall–Kier alpha value is -2.53. The number of rotatable bonds is 8. The van der Waals surface area contributed by atoms with E-state index in [0.717, 1.165) is 32.1 Å². The van der Waals surface area contributed by atoms with Crippen molar-refractivity contribution in [3.63, 3.8) is 0 Å². The van der Waals surface area contributed by atoms with Crippen LogP contribution in [-0.4, -0.2) is 41.4 Å². The lowest BCUT2D eigenvalue weighted by atomic mass is 9.93. The van der Waals surface area contributed by atoms with Gasteiger partial charge in [0, 0.05) is 23.8 Å². The van der Waals surface area contributed by atoms with E-state index in [-0.39, 0.29) is 24.5 Å². The van der Waals surface area contributed by atoms with Crippen LogP contribution in [0.5, 0.6) is 0 Å². The topological polar surface area (TPSA) is 52.7 Å². The van der Waals surface area contributed by atoms with Gasteiger partial charge in [-0.1, -0.05) is 68.1 Å². The molecule has 6 heteroatoms. The predicted octanol–water partition coefficient (Wildman–Crippen LogP) is 5.90. The number of carbonyl (C=O) groups is 2. The van der Waals surface area contributed by atoms with E-state index in [2.05, 4.69) is 31.3 Å². The molecule has 1 aliphatic rings. The minimum absolute atomic E-state index is 0.00961. The summed E-state index contributed by atoms with van der Waals surface area (Å²) < 4.78 is 0. The summed E-state index contributed by atoms with van der Waals surface area (Å²) in [5, 5.41) is 3.45. The van der Waals surface area contributed by atoms with E-state index in [1.54, 1.807) is 29.2 Å². The fraction of sp³-hybridized carbons (Fsp3) is 0.440. The van der Waals surface area contributed by atoms with Gasteiger partial charge in [-0.15, -0.1) is 0 Å². The molecule has 3 rings (SSSR count). The first-order chi connectivity index (χ1) is 15.0. The second-order valence-electron chi connectivity index (χ2n) is 8.13. The molecule has 3 amide bonds. The lowest BCUT2D eigenvalue weighted by molar-refractivity contribution is -0.134. The molecule has 31 heavy (non-hydrogen) atoms. The number of unbranched alkanes of at least 4 members (excludes halogenated alkanes) is 3. The van der Waals surface area contributed by atoms with Gasteiger partial charge >= 0.3 is 6.03 Å². The highest BCUT2D eigenvalue weighted by molar-refractivity contribution is 6.30. The third-order valence-corrected chi connectivity index (χ3v) is 6.12. The maximum absolute atomic E-state index is 13.2. The van der Waals surface area contributed by atoms with Gasteiger partial charge in [0.25, 0.3) is 0 Å². The molecule has 1 atom stereocenters. The van der Waals surface area contributed by atoms with E-state index in [1.807, 2.05) is 17.0 Å². The molecule has 0 saturated carbocycles. The fourth-order valence-electron chi connectivity index (χ4n) is 4.12. The van der Waals surface area contributed by atoms with Crippen molar-refractivity contribution >= 4 is 29.2 Å². The van der Waals surface area contributed by atoms with Crippen molar-refractivity contribution in [2.45, 2.75) is 52.0 Å². The van der Waals surface area contributed by atoms with E-state index in [0.29, 0.717) is 23.8 Å². The monoisotopic (exact) mass is 441 g/mol. The van der Waals surface area contributed by atoms with Gasteiger partial charge in [-0.05, 0) is 49.1 Å². The van der Waals surface area contributed by atoms with Gasteiger partial charge in [0.15, 0.2) is 0 Å². The van der Waals surface area contributed by atoms with Crippen molar-refractivity contribution in [1.82, 2.24) is 9.80 Å².